The summed E-state index contributed by atoms with van der Waals surface area (Å²) in [6.07, 6.45) is 0. The van der Waals surface area contributed by atoms with Crippen molar-refractivity contribution in [1.82, 2.24) is 9.97 Å². The molecule has 2 N–H and O–H groups in total. The van der Waals surface area contributed by atoms with Crippen LogP contribution in [0.3, 0.4) is 0 Å². The number of aromatic nitrogens is 2. The molecule has 0 saturated heterocycles. The lowest BCUT2D eigenvalue weighted by atomic mass is 10.3. The van der Waals surface area contributed by atoms with Gasteiger partial charge in [0.25, 0.3) is 0 Å². The van der Waals surface area contributed by atoms with Gasteiger partial charge in [0.1, 0.15) is 22.5 Å². The third-order valence-electron chi connectivity index (χ3n) is 2.74. The van der Waals surface area contributed by atoms with E-state index in [0.29, 0.717) is 5.69 Å². The van der Waals surface area contributed by atoms with Gasteiger partial charge in [-0.15, -0.1) is 0 Å². The molecule has 23 heavy (non-hydrogen) atoms. The molecule has 0 spiro atoms. The van der Waals surface area contributed by atoms with Crippen molar-refractivity contribution >= 4 is 35.0 Å². The summed E-state index contributed by atoms with van der Waals surface area (Å²) in [5.41, 5.74) is 0.277. The molecular formula is C14H10ClFN4O2S. The predicted octanol–water partition coefficient (Wildman–Crippen LogP) is 2.47. The molecule has 1 aromatic carbocycles. The lowest BCUT2D eigenvalue weighted by molar-refractivity contribution is -0.113. The molecule has 1 aromatic heterocycles. The van der Waals surface area contributed by atoms with E-state index in [9.17, 15) is 14.0 Å². The number of nitrogens with zero attached hydrogens (tertiary/aromatic N) is 2. The number of amides is 1. The van der Waals surface area contributed by atoms with E-state index in [4.69, 9.17) is 16.9 Å². The first kappa shape index (κ1) is 17.0. The second-order valence-electron chi connectivity index (χ2n) is 4.42. The quantitative estimate of drug-likeness (QED) is 0.650. The lowest BCUT2D eigenvalue weighted by Gasteiger charge is -2.08. The van der Waals surface area contributed by atoms with Crippen LogP contribution in [0.2, 0.25) is 5.02 Å². The van der Waals surface area contributed by atoms with Crippen LogP contribution in [0.5, 0.6) is 0 Å². The number of rotatable bonds is 4. The molecule has 2 rings (SSSR count). The number of nitrogens with one attached hydrogen (secondary N) is 2. The highest BCUT2D eigenvalue weighted by Gasteiger charge is 2.13. The van der Waals surface area contributed by atoms with E-state index in [1.54, 1.807) is 6.92 Å². The summed E-state index contributed by atoms with van der Waals surface area (Å²) in [6, 6.07) is 5.53. The number of H-pyrrole nitrogens is 1. The molecule has 0 aliphatic rings. The van der Waals surface area contributed by atoms with Crippen LogP contribution in [0.1, 0.15) is 11.3 Å². The van der Waals surface area contributed by atoms with E-state index in [1.165, 1.54) is 12.1 Å². The Morgan fingerprint density at radius 2 is 2.30 bits per heavy atom. The molecule has 0 atom stereocenters. The van der Waals surface area contributed by atoms with Crippen LogP contribution in [-0.4, -0.2) is 21.6 Å². The van der Waals surface area contributed by atoms with Crippen LogP contribution in [-0.2, 0) is 4.79 Å². The fraction of sp³-hybridized carbons (Fsp3) is 0.143. The first-order valence-electron chi connectivity index (χ1n) is 6.29. The Kier molecular flexibility index (Phi) is 5.36. The van der Waals surface area contributed by atoms with Gasteiger partial charge in [0.2, 0.25) is 5.91 Å². The molecule has 6 nitrogen and oxygen atoms in total. The summed E-state index contributed by atoms with van der Waals surface area (Å²) in [5.74, 6) is -1.02. The van der Waals surface area contributed by atoms with Gasteiger partial charge < -0.3 is 10.3 Å². The minimum atomic E-state index is -0.592. The van der Waals surface area contributed by atoms with Crippen LogP contribution < -0.4 is 11.0 Å². The van der Waals surface area contributed by atoms with Crippen molar-refractivity contribution in [3.05, 3.63) is 50.8 Å². The summed E-state index contributed by atoms with van der Waals surface area (Å²) >= 11 is 6.77. The number of carbonyl (C=O) groups is 1. The first-order chi connectivity index (χ1) is 10.9. The second kappa shape index (κ2) is 7.26. The highest BCUT2D eigenvalue weighted by Crippen LogP contribution is 2.24. The standard InChI is InChI=1S/C14H10ClFN4O2S/c1-7-9(5-17)13(20-14(22)18-7)23-6-12(21)19-11-3-2-8(16)4-10(11)15/h2-4H,6H2,1H3,(H,19,21)(H,18,20,22). The van der Waals surface area contributed by atoms with Gasteiger partial charge in [-0.05, 0) is 25.1 Å². The van der Waals surface area contributed by atoms with Gasteiger partial charge in [-0.3, -0.25) is 4.79 Å². The second-order valence-corrected chi connectivity index (χ2v) is 5.79. The molecule has 1 amide bonds. The van der Waals surface area contributed by atoms with Crippen LogP contribution >= 0.6 is 23.4 Å². The first-order valence-corrected chi connectivity index (χ1v) is 7.65. The van der Waals surface area contributed by atoms with Crippen molar-refractivity contribution in [3.8, 4) is 6.07 Å². The maximum Gasteiger partial charge on any atom is 0.346 e. The summed E-state index contributed by atoms with van der Waals surface area (Å²) in [4.78, 5) is 29.4. The van der Waals surface area contributed by atoms with Gasteiger partial charge in [-0.2, -0.15) is 10.2 Å². The summed E-state index contributed by atoms with van der Waals surface area (Å²) in [6.45, 7) is 1.57. The number of benzene rings is 1. The number of carbonyl (C=O) groups excluding carboxylic acids is 1. The summed E-state index contributed by atoms with van der Waals surface area (Å²) < 4.78 is 12.9. The number of thioether (sulfide) groups is 1. The number of hydrogen-bond donors (Lipinski definition) is 2. The van der Waals surface area contributed by atoms with E-state index in [0.717, 1.165) is 17.8 Å². The number of hydrogen-bond acceptors (Lipinski definition) is 5. The molecule has 0 unspecified atom stereocenters. The molecule has 118 valence electrons. The molecule has 2 aromatic rings. The van der Waals surface area contributed by atoms with Gasteiger partial charge >= 0.3 is 5.69 Å². The molecule has 9 heteroatoms. The number of halogens is 2. The van der Waals surface area contributed by atoms with E-state index < -0.39 is 17.4 Å². The lowest BCUT2D eigenvalue weighted by Crippen LogP contribution is -2.17. The summed E-state index contributed by atoms with van der Waals surface area (Å²) in [7, 11) is 0. The fourth-order valence-electron chi connectivity index (χ4n) is 1.71. The zero-order valence-corrected chi connectivity index (χ0v) is 13.4. The minimum absolute atomic E-state index is 0.0752. The van der Waals surface area contributed by atoms with Crippen LogP contribution in [0.25, 0.3) is 0 Å². The SMILES string of the molecule is Cc1[nH]c(=O)nc(SCC(=O)Nc2ccc(F)cc2Cl)c1C#N. The largest absolute Gasteiger partial charge is 0.346 e. The smallest absolute Gasteiger partial charge is 0.324 e. The van der Waals surface area contributed by atoms with Crippen molar-refractivity contribution in [3.63, 3.8) is 0 Å². The van der Waals surface area contributed by atoms with E-state index >= 15 is 0 Å². The Hall–Kier alpha value is -2.37. The molecule has 1 heterocycles. The third-order valence-corrected chi connectivity index (χ3v) is 4.03. The van der Waals surface area contributed by atoms with Crippen LogP contribution in [0, 0.1) is 24.1 Å². The summed E-state index contributed by atoms with van der Waals surface area (Å²) in [5, 5.41) is 11.8. The average Bonchev–Trinajstić information content (AvgIpc) is 2.47. The van der Waals surface area contributed by atoms with Gasteiger partial charge in [0.15, 0.2) is 0 Å². The van der Waals surface area contributed by atoms with E-state index in [2.05, 4.69) is 15.3 Å². The fourth-order valence-corrected chi connectivity index (χ4v) is 2.75. The zero-order valence-electron chi connectivity index (χ0n) is 11.8. The van der Waals surface area contributed by atoms with Crippen molar-refractivity contribution in [2.45, 2.75) is 11.9 Å². The monoisotopic (exact) mass is 352 g/mol. The van der Waals surface area contributed by atoms with Crippen molar-refractivity contribution in [2.75, 3.05) is 11.1 Å². The molecule has 0 aliphatic carbocycles. The van der Waals surface area contributed by atoms with Crippen molar-refractivity contribution in [1.29, 1.82) is 5.26 Å². The average molecular weight is 353 g/mol. The van der Waals surface area contributed by atoms with Gasteiger partial charge in [-0.25, -0.2) is 9.18 Å². The molecule has 0 fully saturated rings. The number of nitriles is 1. The Morgan fingerprint density at radius 3 is 2.96 bits per heavy atom. The maximum atomic E-state index is 12.9. The molecule has 0 radical (unpaired) electrons. The zero-order chi connectivity index (χ0) is 17.0. The molecular weight excluding hydrogens is 343 g/mol. The third kappa shape index (κ3) is 4.31. The van der Waals surface area contributed by atoms with Gasteiger partial charge in [-0.1, -0.05) is 23.4 Å². The Morgan fingerprint density at radius 1 is 1.57 bits per heavy atom. The van der Waals surface area contributed by atoms with Gasteiger partial charge in [0, 0.05) is 5.69 Å². The van der Waals surface area contributed by atoms with E-state index in [-0.39, 0.29) is 27.1 Å². The predicted molar refractivity (Wildman–Crippen MR) is 85.1 cm³/mol. The van der Waals surface area contributed by atoms with Crippen LogP contribution in [0.4, 0.5) is 10.1 Å². The topological polar surface area (TPSA) is 98.6 Å². The molecule has 0 saturated carbocycles. The number of aryl methyl sites for hydroxylation is 1. The number of aromatic amines is 1. The highest BCUT2D eigenvalue weighted by atomic mass is 35.5. The Balaban J connectivity index is 2.08. The van der Waals surface area contributed by atoms with Crippen molar-refractivity contribution in [2.24, 2.45) is 0 Å². The van der Waals surface area contributed by atoms with Gasteiger partial charge in [0.05, 0.1) is 16.5 Å². The minimum Gasteiger partial charge on any atom is -0.324 e. The number of anilines is 1. The van der Waals surface area contributed by atoms with E-state index in [1.807, 2.05) is 6.07 Å². The van der Waals surface area contributed by atoms with Crippen molar-refractivity contribution < 1.29 is 9.18 Å². The molecule has 0 aliphatic heterocycles. The Labute approximate surface area is 139 Å². The highest BCUT2D eigenvalue weighted by molar-refractivity contribution is 8.00. The normalized spacial score (nSPS) is 10.2. The Bertz CT molecular complexity index is 863. The molecule has 0 bridgehead atoms. The van der Waals surface area contributed by atoms with Crippen LogP contribution in [0.15, 0.2) is 28.0 Å². The maximum absolute atomic E-state index is 12.9.